The fourth-order valence-electron chi connectivity index (χ4n) is 2.44. The Bertz CT molecular complexity index is 446. The molecule has 0 radical (unpaired) electrons. The molecule has 0 bridgehead atoms. The summed E-state index contributed by atoms with van der Waals surface area (Å²) in [6, 6.07) is 7.57. The van der Waals surface area contributed by atoms with Crippen LogP contribution >= 0.6 is 11.6 Å². The summed E-state index contributed by atoms with van der Waals surface area (Å²) in [6.45, 7) is 5.77. The second-order valence-electron chi connectivity index (χ2n) is 5.32. The van der Waals surface area contributed by atoms with Crippen molar-refractivity contribution in [2.45, 2.75) is 25.8 Å². The summed E-state index contributed by atoms with van der Waals surface area (Å²) in [5.74, 6) is -0.0635. The summed E-state index contributed by atoms with van der Waals surface area (Å²) in [6.07, 6.45) is 2.58. The second kappa shape index (κ2) is 7.62. The van der Waals surface area contributed by atoms with Gasteiger partial charge in [0, 0.05) is 12.6 Å². The standard InChI is InChI=1S/C15H22ClN3O/c1-12(11-19-8-4-5-9-19)17-10-15(20)18-14-7-3-2-6-13(14)16/h2-3,6-7,12,17H,4-5,8-11H2,1H3,(H,18,20). The van der Waals surface area contributed by atoms with Crippen LogP contribution < -0.4 is 10.6 Å². The molecule has 0 aromatic heterocycles. The van der Waals surface area contributed by atoms with E-state index in [1.807, 2.05) is 12.1 Å². The van der Waals surface area contributed by atoms with Gasteiger partial charge in [-0.25, -0.2) is 0 Å². The zero-order valence-electron chi connectivity index (χ0n) is 11.9. The largest absolute Gasteiger partial charge is 0.324 e. The number of carbonyl (C=O) groups is 1. The van der Waals surface area contributed by atoms with Gasteiger partial charge in [0.2, 0.25) is 5.91 Å². The lowest BCUT2D eigenvalue weighted by Gasteiger charge is -2.21. The Morgan fingerprint density at radius 3 is 2.75 bits per heavy atom. The quantitative estimate of drug-likeness (QED) is 0.847. The SMILES string of the molecule is CC(CN1CCCC1)NCC(=O)Nc1ccccc1Cl. The van der Waals surface area contributed by atoms with E-state index in [1.165, 1.54) is 25.9 Å². The third kappa shape index (κ3) is 4.78. The number of nitrogens with zero attached hydrogens (tertiary/aromatic N) is 1. The van der Waals surface area contributed by atoms with Crippen molar-refractivity contribution in [2.75, 3.05) is 31.5 Å². The highest BCUT2D eigenvalue weighted by atomic mass is 35.5. The van der Waals surface area contributed by atoms with Gasteiger partial charge in [-0.3, -0.25) is 4.79 Å². The van der Waals surface area contributed by atoms with Crippen LogP contribution in [0.25, 0.3) is 0 Å². The molecule has 0 spiro atoms. The van der Waals surface area contributed by atoms with Crippen LogP contribution in [0.15, 0.2) is 24.3 Å². The molecule has 1 heterocycles. The molecule has 1 unspecified atom stereocenters. The van der Waals surface area contributed by atoms with Gasteiger partial charge in [-0.05, 0) is 45.0 Å². The van der Waals surface area contributed by atoms with Crippen LogP contribution in [0.3, 0.4) is 0 Å². The lowest BCUT2D eigenvalue weighted by Crippen LogP contribution is -2.41. The van der Waals surface area contributed by atoms with Crippen molar-refractivity contribution in [3.8, 4) is 0 Å². The van der Waals surface area contributed by atoms with E-state index in [0.29, 0.717) is 23.3 Å². The van der Waals surface area contributed by atoms with E-state index in [2.05, 4.69) is 22.5 Å². The third-order valence-electron chi connectivity index (χ3n) is 3.49. The Morgan fingerprint density at radius 1 is 1.35 bits per heavy atom. The zero-order valence-corrected chi connectivity index (χ0v) is 12.6. The number of benzene rings is 1. The highest BCUT2D eigenvalue weighted by molar-refractivity contribution is 6.33. The molecular weight excluding hydrogens is 274 g/mol. The van der Waals surface area contributed by atoms with E-state index >= 15 is 0 Å². The van der Waals surface area contributed by atoms with Gasteiger partial charge in [-0.2, -0.15) is 0 Å². The van der Waals surface area contributed by atoms with Crippen molar-refractivity contribution in [3.05, 3.63) is 29.3 Å². The highest BCUT2D eigenvalue weighted by Crippen LogP contribution is 2.20. The first-order valence-corrected chi connectivity index (χ1v) is 7.53. The normalized spacial score (nSPS) is 17.1. The minimum atomic E-state index is -0.0635. The number of para-hydroxylation sites is 1. The van der Waals surface area contributed by atoms with E-state index in [1.54, 1.807) is 12.1 Å². The van der Waals surface area contributed by atoms with Gasteiger partial charge in [0.1, 0.15) is 0 Å². The van der Waals surface area contributed by atoms with Crippen molar-refractivity contribution >= 4 is 23.2 Å². The summed E-state index contributed by atoms with van der Waals surface area (Å²) in [5, 5.41) is 6.63. The molecule has 5 heteroatoms. The topological polar surface area (TPSA) is 44.4 Å². The van der Waals surface area contributed by atoms with Crippen LogP contribution in [0.1, 0.15) is 19.8 Å². The fourth-order valence-corrected chi connectivity index (χ4v) is 2.62. The molecule has 4 nitrogen and oxygen atoms in total. The molecule has 1 aliphatic heterocycles. The molecular formula is C15H22ClN3O. The van der Waals surface area contributed by atoms with Gasteiger partial charge in [0.05, 0.1) is 17.3 Å². The van der Waals surface area contributed by atoms with Crippen molar-refractivity contribution in [2.24, 2.45) is 0 Å². The lowest BCUT2D eigenvalue weighted by atomic mass is 10.3. The van der Waals surface area contributed by atoms with E-state index in [4.69, 9.17) is 11.6 Å². The van der Waals surface area contributed by atoms with Gasteiger partial charge in [0.15, 0.2) is 0 Å². The molecule has 1 saturated heterocycles. The molecule has 2 rings (SSSR count). The number of rotatable bonds is 6. The minimum Gasteiger partial charge on any atom is -0.324 e. The highest BCUT2D eigenvalue weighted by Gasteiger charge is 2.15. The maximum Gasteiger partial charge on any atom is 0.238 e. The molecule has 1 aromatic rings. The molecule has 1 amide bonds. The van der Waals surface area contributed by atoms with Crippen molar-refractivity contribution < 1.29 is 4.79 Å². The minimum absolute atomic E-state index is 0.0635. The van der Waals surface area contributed by atoms with Crippen molar-refractivity contribution in [1.82, 2.24) is 10.2 Å². The van der Waals surface area contributed by atoms with Crippen LogP contribution in [0.2, 0.25) is 5.02 Å². The summed E-state index contributed by atoms with van der Waals surface area (Å²) in [5.41, 5.74) is 0.660. The smallest absolute Gasteiger partial charge is 0.238 e. The predicted octanol–water partition coefficient (Wildman–Crippen LogP) is 2.35. The molecule has 1 atom stereocenters. The number of hydrogen-bond donors (Lipinski definition) is 2. The van der Waals surface area contributed by atoms with Crippen LogP contribution in [0, 0.1) is 0 Å². The fraction of sp³-hybridized carbons (Fsp3) is 0.533. The Kier molecular flexibility index (Phi) is 5.83. The van der Waals surface area contributed by atoms with Gasteiger partial charge in [-0.15, -0.1) is 0 Å². The molecule has 2 N–H and O–H groups in total. The van der Waals surface area contributed by atoms with Gasteiger partial charge in [0.25, 0.3) is 0 Å². The number of hydrogen-bond acceptors (Lipinski definition) is 3. The third-order valence-corrected chi connectivity index (χ3v) is 3.82. The summed E-state index contributed by atoms with van der Waals surface area (Å²) >= 11 is 6.00. The summed E-state index contributed by atoms with van der Waals surface area (Å²) in [4.78, 5) is 14.3. The number of anilines is 1. The van der Waals surface area contributed by atoms with Gasteiger partial charge < -0.3 is 15.5 Å². The van der Waals surface area contributed by atoms with Crippen LogP contribution in [-0.2, 0) is 4.79 Å². The first-order valence-electron chi connectivity index (χ1n) is 7.15. The number of likely N-dealkylation sites (tertiary alicyclic amines) is 1. The molecule has 20 heavy (non-hydrogen) atoms. The number of carbonyl (C=O) groups excluding carboxylic acids is 1. The van der Waals surface area contributed by atoms with Gasteiger partial charge in [-0.1, -0.05) is 23.7 Å². The summed E-state index contributed by atoms with van der Waals surface area (Å²) < 4.78 is 0. The van der Waals surface area contributed by atoms with Crippen LogP contribution in [0.5, 0.6) is 0 Å². The Morgan fingerprint density at radius 2 is 2.05 bits per heavy atom. The molecule has 0 aliphatic carbocycles. The van der Waals surface area contributed by atoms with Crippen molar-refractivity contribution in [1.29, 1.82) is 0 Å². The second-order valence-corrected chi connectivity index (χ2v) is 5.72. The van der Waals surface area contributed by atoms with Crippen LogP contribution in [0.4, 0.5) is 5.69 Å². The van der Waals surface area contributed by atoms with Crippen molar-refractivity contribution in [3.63, 3.8) is 0 Å². The van der Waals surface area contributed by atoms with E-state index in [0.717, 1.165) is 6.54 Å². The number of halogens is 1. The van der Waals surface area contributed by atoms with E-state index < -0.39 is 0 Å². The molecule has 110 valence electrons. The molecule has 1 fully saturated rings. The van der Waals surface area contributed by atoms with E-state index in [9.17, 15) is 4.79 Å². The average Bonchev–Trinajstić information content (AvgIpc) is 2.92. The van der Waals surface area contributed by atoms with Gasteiger partial charge >= 0.3 is 0 Å². The molecule has 1 aromatic carbocycles. The zero-order chi connectivity index (χ0) is 14.4. The number of nitrogens with one attached hydrogen (secondary N) is 2. The Balaban J connectivity index is 1.70. The lowest BCUT2D eigenvalue weighted by molar-refractivity contribution is -0.115. The van der Waals surface area contributed by atoms with Crippen LogP contribution in [-0.4, -0.2) is 43.0 Å². The predicted molar refractivity (Wildman–Crippen MR) is 83.2 cm³/mol. The number of amides is 1. The Hall–Kier alpha value is -1.10. The average molecular weight is 296 g/mol. The maximum absolute atomic E-state index is 11.9. The summed E-state index contributed by atoms with van der Waals surface area (Å²) in [7, 11) is 0. The Labute approximate surface area is 125 Å². The first-order chi connectivity index (χ1) is 9.65. The maximum atomic E-state index is 11.9. The van der Waals surface area contributed by atoms with E-state index in [-0.39, 0.29) is 5.91 Å². The molecule has 1 aliphatic rings. The first kappa shape index (κ1) is 15.3. The molecule has 0 saturated carbocycles. The monoisotopic (exact) mass is 295 g/mol.